The van der Waals surface area contributed by atoms with Crippen LogP contribution in [0.3, 0.4) is 0 Å². The van der Waals surface area contributed by atoms with Gasteiger partial charge in [-0.15, -0.1) is 0 Å². The van der Waals surface area contributed by atoms with Gasteiger partial charge in [0.1, 0.15) is 12.4 Å². The summed E-state index contributed by atoms with van der Waals surface area (Å²) in [5, 5.41) is 2.87. The van der Waals surface area contributed by atoms with Gasteiger partial charge >= 0.3 is 5.97 Å². The molecule has 2 rings (SSSR count). The van der Waals surface area contributed by atoms with Crippen molar-refractivity contribution in [1.29, 1.82) is 0 Å². The molecule has 0 fully saturated rings. The van der Waals surface area contributed by atoms with Crippen LogP contribution in [0.5, 0.6) is 5.75 Å². The minimum absolute atomic E-state index is 0.0466. The molecule has 1 aliphatic rings. The Balaban J connectivity index is 2.13. The second kappa shape index (κ2) is 5.10. The highest BCUT2D eigenvalue weighted by molar-refractivity contribution is 6.29. The number of esters is 1. The van der Waals surface area contributed by atoms with E-state index in [1.807, 2.05) is 0 Å². The van der Waals surface area contributed by atoms with Crippen molar-refractivity contribution in [2.45, 2.75) is 0 Å². The van der Waals surface area contributed by atoms with Gasteiger partial charge in [0.15, 0.2) is 6.61 Å². The lowest BCUT2D eigenvalue weighted by molar-refractivity contribution is -0.118. The van der Waals surface area contributed by atoms with Crippen molar-refractivity contribution >= 4 is 29.2 Å². The molecule has 1 aliphatic heterocycles. The van der Waals surface area contributed by atoms with E-state index in [0.29, 0.717) is 17.0 Å². The number of nitrogens with one attached hydrogen (secondary N) is 1. The van der Waals surface area contributed by atoms with Gasteiger partial charge in [0.05, 0.1) is 11.3 Å². The zero-order valence-electron chi connectivity index (χ0n) is 9.36. The van der Waals surface area contributed by atoms with Gasteiger partial charge < -0.3 is 14.8 Å². The van der Waals surface area contributed by atoms with Crippen molar-refractivity contribution in [1.82, 2.24) is 0 Å². The Morgan fingerprint density at radius 1 is 1.56 bits per heavy atom. The van der Waals surface area contributed by atoms with Crippen LogP contribution in [0.2, 0.25) is 0 Å². The summed E-state index contributed by atoms with van der Waals surface area (Å²) in [5.41, 5.74) is 0.854. The van der Waals surface area contributed by atoms with Crippen LogP contribution < -0.4 is 10.1 Å². The molecule has 1 aromatic carbocycles. The Kier molecular flexibility index (Phi) is 3.53. The van der Waals surface area contributed by atoms with Gasteiger partial charge in [-0.1, -0.05) is 18.2 Å². The third-order valence-electron chi connectivity index (χ3n) is 2.21. The fourth-order valence-corrected chi connectivity index (χ4v) is 1.48. The van der Waals surface area contributed by atoms with Crippen LogP contribution >= 0.6 is 11.6 Å². The molecular weight excluding hydrogens is 258 g/mol. The Labute approximate surface area is 108 Å². The lowest BCUT2D eigenvalue weighted by atomic mass is 10.1. The van der Waals surface area contributed by atoms with E-state index in [4.69, 9.17) is 21.1 Å². The number of ether oxygens (including phenoxy) is 2. The molecule has 0 unspecified atom stereocenters. The Bertz CT molecular complexity index is 527. The zero-order valence-corrected chi connectivity index (χ0v) is 10.1. The van der Waals surface area contributed by atoms with Crippen molar-refractivity contribution in [3.05, 3.63) is 35.4 Å². The van der Waals surface area contributed by atoms with Crippen molar-refractivity contribution in [2.75, 3.05) is 18.5 Å². The second-order valence-corrected chi connectivity index (χ2v) is 4.18. The molecule has 1 aromatic rings. The summed E-state index contributed by atoms with van der Waals surface area (Å²) in [4.78, 5) is 22.7. The number of carbonyl (C=O) groups is 2. The molecule has 0 bridgehead atoms. The van der Waals surface area contributed by atoms with Gasteiger partial charge in [-0.05, 0) is 18.2 Å². The van der Waals surface area contributed by atoms with Gasteiger partial charge in [-0.3, -0.25) is 4.79 Å². The van der Waals surface area contributed by atoms with E-state index in [0.717, 1.165) is 0 Å². The van der Waals surface area contributed by atoms with E-state index in [1.54, 1.807) is 6.07 Å². The number of fused-ring (bicyclic) bond motifs is 1. The number of amides is 1. The summed E-state index contributed by atoms with van der Waals surface area (Å²) < 4.78 is 10.1. The molecule has 5 nitrogen and oxygen atoms in total. The summed E-state index contributed by atoms with van der Waals surface area (Å²) in [6, 6.07) is 4.62. The van der Waals surface area contributed by atoms with E-state index in [9.17, 15) is 9.59 Å². The van der Waals surface area contributed by atoms with Crippen molar-refractivity contribution in [2.24, 2.45) is 0 Å². The molecule has 0 saturated carbocycles. The van der Waals surface area contributed by atoms with Crippen molar-refractivity contribution in [3.8, 4) is 5.75 Å². The topological polar surface area (TPSA) is 64.6 Å². The predicted octanol–water partition coefficient (Wildman–Crippen LogP) is 1.93. The van der Waals surface area contributed by atoms with E-state index in [2.05, 4.69) is 11.9 Å². The van der Waals surface area contributed by atoms with Gasteiger partial charge in [0.2, 0.25) is 0 Å². The van der Waals surface area contributed by atoms with E-state index < -0.39 is 5.97 Å². The van der Waals surface area contributed by atoms with Gasteiger partial charge in [0.25, 0.3) is 5.91 Å². The molecule has 6 heteroatoms. The first-order valence-corrected chi connectivity index (χ1v) is 5.51. The number of benzene rings is 1. The Hall–Kier alpha value is -2.01. The molecule has 1 N–H and O–H groups in total. The highest BCUT2D eigenvalue weighted by Crippen LogP contribution is 2.28. The summed E-state index contributed by atoms with van der Waals surface area (Å²) in [7, 11) is 0. The van der Waals surface area contributed by atoms with Crippen LogP contribution in [-0.4, -0.2) is 25.1 Å². The van der Waals surface area contributed by atoms with Crippen LogP contribution in [0.15, 0.2) is 29.8 Å². The molecule has 1 heterocycles. The van der Waals surface area contributed by atoms with Gasteiger partial charge in [-0.25, -0.2) is 4.79 Å². The first kappa shape index (κ1) is 12.4. The molecule has 0 aliphatic carbocycles. The number of carbonyl (C=O) groups excluding carboxylic acids is 2. The van der Waals surface area contributed by atoms with Crippen LogP contribution in [0.4, 0.5) is 5.69 Å². The lowest BCUT2D eigenvalue weighted by Gasteiger charge is -2.18. The van der Waals surface area contributed by atoms with Gasteiger partial charge in [-0.2, -0.15) is 0 Å². The molecule has 1 amide bonds. The average Bonchev–Trinajstić information content (AvgIpc) is 2.35. The molecule has 18 heavy (non-hydrogen) atoms. The molecule has 0 saturated heterocycles. The van der Waals surface area contributed by atoms with E-state index >= 15 is 0 Å². The molecule has 0 spiro atoms. The summed E-state index contributed by atoms with van der Waals surface area (Å²) in [5.74, 6) is -0.315. The zero-order chi connectivity index (χ0) is 13.1. The maximum Gasteiger partial charge on any atom is 0.338 e. The SMILES string of the molecule is C=C(Cl)COC(=O)c1ccc2c(c1)OCC(=O)N2. The third kappa shape index (κ3) is 2.81. The smallest absolute Gasteiger partial charge is 0.338 e. The summed E-state index contributed by atoms with van der Waals surface area (Å²) in [6.07, 6.45) is 0. The lowest BCUT2D eigenvalue weighted by Crippen LogP contribution is -2.25. The summed E-state index contributed by atoms with van der Waals surface area (Å²) >= 11 is 5.50. The van der Waals surface area contributed by atoms with Crippen LogP contribution in [0.1, 0.15) is 10.4 Å². The van der Waals surface area contributed by atoms with Crippen LogP contribution in [0, 0.1) is 0 Å². The maximum absolute atomic E-state index is 11.6. The first-order valence-electron chi connectivity index (χ1n) is 5.13. The minimum atomic E-state index is -0.528. The highest BCUT2D eigenvalue weighted by Gasteiger charge is 2.18. The maximum atomic E-state index is 11.6. The molecule has 0 aromatic heterocycles. The fraction of sp³-hybridized carbons (Fsp3) is 0.167. The van der Waals surface area contributed by atoms with E-state index in [1.165, 1.54) is 12.1 Å². The minimum Gasteiger partial charge on any atom is -0.482 e. The Morgan fingerprint density at radius 3 is 3.06 bits per heavy atom. The first-order chi connectivity index (χ1) is 8.56. The van der Waals surface area contributed by atoms with Crippen molar-refractivity contribution < 1.29 is 19.1 Å². The fourth-order valence-electron chi connectivity index (χ4n) is 1.43. The number of anilines is 1. The number of hydrogen-bond acceptors (Lipinski definition) is 4. The van der Waals surface area contributed by atoms with Crippen LogP contribution in [0.25, 0.3) is 0 Å². The molecular formula is C12H10ClNO4. The predicted molar refractivity (Wildman–Crippen MR) is 65.8 cm³/mol. The number of halogens is 1. The van der Waals surface area contributed by atoms with Crippen LogP contribution in [-0.2, 0) is 9.53 Å². The third-order valence-corrected chi connectivity index (χ3v) is 2.32. The second-order valence-electron chi connectivity index (χ2n) is 3.64. The molecule has 0 radical (unpaired) electrons. The van der Waals surface area contributed by atoms with Crippen molar-refractivity contribution in [3.63, 3.8) is 0 Å². The normalized spacial score (nSPS) is 13.1. The standard InChI is InChI=1S/C12H10ClNO4/c1-7(13)5-18-12(16)8-2-3-9-10(4-8)17-6-11(15)14-9/h2-4H,1,5-6H2,(H,14,15). The largest absolute Gasteiger partial charge is 0.482 e. The monoisotopic (exact) mass is 267 g/mol. The average molecular weight is 268 g/mol. The molecule has 94 valence electrons. The number of rotatable bonds is 3. The van der Waals surface area contributed by atoms with Gasteiger partial charge in [0, 0.05) is 5.03 Å². The highest BCUT2D eigenvalue weighted by atomic mass is 35.5. The quantitative estimate of drug-likeness (QED) is 0.850. The number of hydrogen-bond donors (Lipinski definition) is 1. The Morgan fingerprint density at radius 2 is 2.33 bits per heavy atom. The molecule has 0 atom stereocenters. The summed E-state index contributed by atoms with van der Waals surface area (Å²) in [6.45, 7) is 3.30. The van der Waals surface area contributed by atoms with E-state index in [-0.39, 0.29) is 24.2 Å².